The molecule has 3 rings (SSSR count). The monoisotopic (exact) mass is 305 g/mol. The van der Waals surface area contributed by atoms with Crippen molar-refractivity contribution >= 4 is 5.97 Å². The van der Waals surface area contributed by atoms with Crippen molar-refractivity contribution in [1.82, 2.24) is 15.4 Å². The van der Waals surface area contributed by atoms with Crippen LogP contribution in [0.1, 0.15) is 17.4 Å². The van der Waals surface area contributed by atoms with Crippen LogP contribution in [0.25, 0.3) is 22.4 Å². The third-order valence-corrected chi connectivity index (χ3v) is 3.34. The van der Waals surface area contributed by atoms with Gasteiger partial charge >= 0.3 is 5.97 Å². The third kappa shape index (κ3) is 3.08. The SMILES string of the molecule is CCOC(=O)c1nnnc(-c2ccccc2)c1-c1ccccc1. The average Bonchev–Trinajstić information content (AvgIpc) is 2.63. The first-order chi connectivity index (χ1) is 11.3. The molecule has 23 heavy (non-hydrogen) atoms. The Hall–Kier alpha value is -3.08. The van der Waals surface area contributed by atoms with E-state index in [9.17, 15) is 4.79 Å². The Kier molecular flexibility index (Phi) is 4.38. The van der Waals surface area contributed by atoms with E-state index in [-0.39, 0.29) is 12.3 Å². The van der Waals surface area contributed by atoms with E-state index >= 15 is 0 Å². The molecule has 0 fully saturated rings. The van der Waals surface area contributed by atoms with Crippen molar-refractivity contribution in [1.29, 1.82) is 0 Å². The van der Waals surface area contributed by atoms with Crippen LogP contribution in [0.15, 0.2) is 60.7 Å². The Labute approximate surface area is 134 Å². The molecule has 0 unspecified atom stereocenters. The minimum absolute atomic E-state index is 0.173. The summed E-state index contributed by atoms with van der Waals surface area (Å²) in [5.74, 6) is -0.501. The maximum atomic E-state index is 12.3. The zero-order valence-corrected chi connectivity index (χ0v) is 12.6. The molecule has 0 amide bonds. The minimum Gasteiger partial charge on any atom is -0.461 e. The maximum Gasteiger partial charge on any atom is 0.359 e. The summed E-state index contributed by atoms with van der Waals surface area (Å²) in [6.45, 7) is 2.03. The molecule has 0 spiro atoms. The topological polar surface area (TPSA) is 65.0 Å². The third-order valence-electron chi connectivity index (χ3n) is 3.34. The number of ether oxygens (including phenoxy) is 1. The minimum atomic E-state index is -0.501. The highest BCUT2D eigenvalue weighted by atomic mass is 16.5. The molecule has 0 saturated heterocycles. The second-order valence-electron chi connectivity index (χ2n) is 4.81. The summed E-state index contributed by atoms with van der Waals surface area (Å²) in [5.41, 5.74) is 3.12. The summed E-state index contributed by atoms with van der Waals surface area (Å²) >= 11 is 0. The highest BCUT2D eigenvalue weighted by molar-refractivity contribution is 5.99. The predicted molar refractivity (Wildman–Crippen MR) is 86.7 cm³/mol. The van der Waals surface area contributed by atoms with Crippen LogP contribution in [0.3, 0.4) is 0 Å². The van der Waals surface area contributed by atoms with Crippen molar-refractivity contribution in [2.75, 3.05) is 6.61 Å². The number of rotatable bonds is 4. The van der Waals surface area contributed by atoms with E-state index in [1.807, 2.05) is 60.7 Å². The number of benzene rings is 2. The first-order valence-electron chi connectivity index (χ1n) is 7.32. The van der Waals surface area contributed by atoms with Gasteiger partial charge in [-0.2, -0.15) is 0 Å². The first kappa shape index (κ1) is 14.8. The van der Waals surface area contributed by atoms with Crippen molar-refractivity contribution in [3.8, 4) is 22.4 Å². The summed E-state index contributed by atoms with van der Waals surface area (Å²) in [6, 6.07) is 19.1. The summed E-state index contributed by atoms with van der Waals surface area (Å²) in [5, 5.41) is 11.8. The fourth-order valence-electron chi connectivity index (χ4n) is 2.34. The second kappa shape index (κ2) is 6.79. The van der Waals surface area contributed by atoms with Crippen molar-refractivity contribution in [2.45, 2.75) is 6.92 Å². The Morgan fingerprint density at radius 1 is 0.913 bits per heavy atom. The molecule has 1 aromatic heterocycles. The van der Waals surface area contributed by atoms with Gasteiger partial charge < -0.3 is 4.74 Å². The maximum absolute atomic E-state index is 12.3. The van der Waals surface area contributed by atoms with Gasteiger partial charge in [-0.3, -0.25) is 0 Å². The Morgan fingerprint density at radius 2 is 1.52 bits per heavy atom. The van der Waals surface area contributed by atoms with Gasteiger partial charge in [-0.15, -0.1) is 10.2 Å². The lowest BCUT2D eigenvalue weighted by Crippen LogP contribution is -2.12. The lowest BCUT2D eigenvalue weighted by atomic mass is 9.98. The summed E-state index contributed by atoms with van der Waals surface area (Å²) in [7, 11) is 0. The summed E-state index contributed by atoms with van der Waals surface area (Å²) in [6.07, 6.45) is 0. The number of aromatic nitrogens is 3. The van der Waals surface area contributed by atoms with Crippen LogP contribution in [-0.2, 0) is 4.74 Å². The smallest absolute Gasteiger partial charge is 0.359 e. The lowest BCUT2D eigenvalue weighted by Gasteiger charge is -2.11. The Balaban J connectivity index is 2.25. The van der Waals surface area contributed by atoms with E-state index < -0.39 is 5.97 Å². The molecule has 5 heteroatoms. The second-order valence-corrected chi connectivity index (χ2v) is 4.81. The van der Waals surface area contributed by atoms with E-state index in [2.05, 4.69) is 15.4 Å². The van der Waals surface area contributed by atoms with Gasteiger partial charge in [-0.1, -0.05) is 60.7 Å². The fraction of sp³-hybridized carbons (Fsp3) is 0.111. The zero-order valence-electron chi connectivity index (χ0n) is 12.6. The number of carbonyl (C=O) groups excluding carboxylic acids is 1. The van der Waals surface area contributed by atoms with E-state index in [1.165, 1.54) is 0 Å². The lowest BCUT2D eigenvalue weighted by molar-refractivity contribution is 0.0518. The molecule has 0 aliphatic rings. The number of carbonyl (C=O) groups is 1. The van der Waals surface area contributed by atoms with Gasteiger partial charge in [-0.25, -0.2) is 4.79 Å². The molecule has 0 aliphatic carbocycles. The quantitative estimate of drug-likeness (QED) is 0.691. The number of nitrogens with zero attached hydrogens (tertiary/aromatic N) is 3. The van der Waals surface area contributed by atoms with Gasteiger partial charge in [0.15, 0.2) is 5.69 Å². The number of hydrogen-bond donors (Lipinski definition) is 0. The van der Waals surface area contributed by atoms with Gasteiger partial charge in [0, 0.05) is 11.1 Å². The number of esters is 1. The van der Waals surface area contributed by atoms with Crippen molar-refractivity contribution in [3.05, 3.63) is 66.4 Å². The molecule has 0 bridgehead atoms. The molecule has 0 N–H and O–H groups in total. The summed E-state index contributed by atoms with van der Waals surface area (Å²) in [4.78, 5) is 12.3. The van der Waals surface area contributed by atoms with E-state index in [0.29, 0.717) is 11.3 Å². The van der Waals surface area contributed by atoms with Crippen LogP contribution >= 0.6 is 0 Å². The van der Waals surface area contributed by atoms with Crippen molar-refractivity contribution in [2.24, 2.45) is 0 Å². The molecular formula is C18H15N3O2. The highest BCUT2D eigenvalue weighted by Crippen LogP contribution is 2.32. The number of hydrogen-bond acceptors (Lipinski definition) is 5. The van der Waals surface area contributed by atoms with E-state index in [0.717, 1.165) is 11.1 Å². The van der Waals surface area contributed by atoms with Crippen LogP contribution in [-0.4, -0.2) is 28.0 Å². The molecule has 1 heterocycles. The van der Waals surface area contributed by atoms with Gasteiger partial charge in [0.1, 0.15) is 5.69 Å². The fourth-order valence-corrected chi connectivity index (χ4v) is 2.34. The van der Waals surface area contributed by atoms with Crippen LogP contribution in [0, 0.1) is 0 Å². The Morgan fingerprint density at radius 3 is 2.13 bits per heavy atom. The summed E-state index contributed by atoms with van der Waals surface area (Å²) < 4.78 is 5.11. The van der Waals surface area contributed by atoms with Gasteiger partial charge in [0.25, 0.3) is 0 Å². The predicted octanol–water partition coefficient (Wildman–Crippen LogP) is 3.38. The molecule has 3 aromatic rings. The molecule has 2 aromatic carbocycles. The van der Waals surface area contributed by atoms with Crippen LogP contribution in [0.4, 0.5) is 0 Å². The van der Waals surface area contributed by atoms with Crippen molar-refractivity contribution in [3.63, 3.8) is 0 Å². The van der Waals surface area contributed by atoms with Gasteiger partial charge in [0.05, 0.1) is 6.61 Å². The average molecular weight is 305 g/mol. The molecule has 0 radical (unpaired) electrons. The molecule has 0 atom stereocenters. The van der Waals surface area contributed by atoms with Gasteiger partial charge in [0.2, 0.25) is 0 Å². The largest absolute Gasteiger partial charge is 0.461 e. The molecular weight excluding hydrogens is 290 g/mol. The van der Waals surface area contributed by atoms with Crippen LogP contribution < -0.4 is 0 Å². The molecule has 0 saturated carbocycles. The highest BCUT2D eigenvalue weighted by Gasteiger charge is 2.22. The van der Waals surface area contributed by atoms with Crippen LogP contribution in [0.2, 0.25) is 0 Å². The molecule has 114 valence electrons. The normalized spacial score (nSPS) is 10.3. The molecule has 5 nitrogen and oxygen atoms in total. The standard InChI is InChI=1S/C18H15N3O2/c1-2-23-18(22)17-15(13-9-5-3-6-10-13)16(19-21-20-17)14-11-7-4-8-12-14/h3-12H,2H2,1H3. The van der Waals surface area contributed by atoms with Crippen LogP contribution in [0.5, 0.6) is 0 Å². The van der Waals surface area contributed by atoms with E-state index in [4.69, 9.17) is 4.74 Å². The first-order valence-corrected chi connectivity index (χ1v) is 7.32. The van der Waals surface area contributed by atoms with E-state index in [1.54, 1.807) is 6.92 Å². The van der Waals surface area contributed by atoms with Crippen molar-refractivity contribution < 1.29 is 9.53 Å². The van der Waals surface area contributed by atoms with Gasteiger partial charge in [-0.05, 0) is 17.7 Å². The molecule has 0 aliphatic heterocycles. The Bertz CT molecular complexity index is 805. The zero-order chi connectivity index (χ0) is 16.1.